The first kappa shape index (κ1) is 17.2. The quantitative estimate of drug-likeness (QED) is 0.566. The molecule has 0 aromatic carbocycles. The smallest absolute Gasteiger partial charge is 0.334 e. The maximum absolute atomic E-state index is 11.6. The number of hydrogen-bond acceptors (Lipinski definition) is 4. The largest absolute Gasteiger partial charge is 0.479 e. The van der Waals surface area contributed by atoms with Crippen molar-refractivity contribution in [2.75, 3.05) is 27.2 Å². The molecule has 3 amide bonds. The minimum Gasteiger partial charge on any atom is -0.479 e. The molecule has 1 atom stereocenters. The van der Waals surface area contributed by atoms with Gasteiger partial charge in [-0.2, -0.15) is 0 Å². The molecule has 0 rings (SSSR count). The van der Waals surface area contributed by atoms with Gasteiger partial charge in [0.2, 0.25) is 5.91 Å². The highest BCUT2D eigenvalue weighted by molar-refractivity contribution is 5.84. The predicted molar refractivity (Wildman–Crippen MR) is 67.7 cm³/mol. The van der Waals surface area contributed by atoms with Crippen LogP contribution in [0.3, 0.4) is 0 Å². The van der Waals surface area contributed by atoms with Gasteiger partial charge in [-0.05, 0) is 13.8 Å². The van der Waals surface area contributed by atoms with Crippen molar-refractivity contribution >= 4 is 17.9 Å². The molecule has 19 heavy (non-hydrogen) atoms. The van der Waals surface area contributed by atoms with Crippen molar-refractivity contribution in [2.45, 2.75) is 26.0 Å². The van der Waals surface area contributed by atoms with Crippen LogP contribution in [0.2, 0.25) is 0 Å². The van der Waals surface area contributed by atoms with Gasteiger partial charge in [-0.1, -0.05) is 0 Å². The molecule has 8 heteroatoms. The zero-order valence-corrected chi connectivity index (χ0v) is 11.6. The fourth-order valence-electron chi connectivity index (χ4n) is 1.24. The van der Waals surface area contributed by atoms with Crippen LogP contribution >= 0.6 is 0 Å². The molecule has 0 aliphatic heterocycles. The summed E-state index contributed by atoms with van der Waals surface area (Å²) >= 11 is 0. The summed E-state index contributed by atoms with van der Waals surface area (Å²) in [6, 6.07) is -0.545. The third-order valence-corrected chi connectivity index (χ3v) is 2.18. The first-order chi connectivity index (χ1) is 8.77. The lowest BCUT2D eigenvalue weighted by molar-refractivity contribution is -0.148. The van der Waals surface area contributed by atoms with Crippen molar-refractivity contribution in [1.29, 1.82) is 0 Å². The molecule has 0 bridgehead atoms. The molecule has 0 saturated carbocycles. The summed E-state index contributed by atoms with van der Waals surface area (Å²) in [6.45, 7) is 3.36. The molecule has 0 aromatic rings. The van der Waals surface area contributed by atoms with Gasteiger partial charge in [0, 0.05) is 20.2 Å². The summed E-state index contributed by atoms with van der Waals surface area (Å²) in [4.78, 5) is 34.8. The van der Waals surface area contributed by atoms with Gasteiger partial charge in [0.1, 0.15) is 6.54 Å². The molecule has 0 saturated heterocycles. The maximum Gasteiger partial charge on any atom is 0.334 e. The number of carbonyl (C=O) groups is 3. The minimum atomic E-state index is -1.16. The molecule has 0 radical (unpaired) electrons. The Morgan fingerprint density at radius 2 is 1.89 bits per heavy atom. The van der Waals surface area contributed by atoms with Crippen LogP contribution in [0.15, 0.2) is 0 Å². The number of carbonyl (C=O) groups excluding carboxylic acids is 2. The van der Waals surface area contributed by atoms with E-state index in [1.54, 1.807) is 0 Å². The predicted octanol–water partition coefficient (Wildman–Crippen LogP) is -0.748. The standard InChI is InChI=1S/C11H21N3O5/c1-7(2)13-9(15)6-14(3)11(18)12-5-8(19-4)10(16)17/h7-8H,5-6H2,1-4H3,(H,12,18)(H,13,15)(H,16,17). The van der Waals surface area contributed by atoms with E-state index in [-0.39, 0.29) is 25.0 Å². The first-order valence-corrected chi connectivity index (χ1v) is 5.81. The topological polar surface area (TPSA) is 108 Å². The molecule has 0 heterocycles. The lowest BCUT2D eigenvalue weighted by Gasteiger charge is -2.19. The van der Waals surface area contributed by atoms with Crippen LogP contribution in [-0.2, 0) is 14.3 Å². The van der Waals surface area contributed by atoms with Crippen LogP contribution in [0.1, 0.15) is 13.8 Å². The number of aliphatic carboxylic acids is 1. The van der Waals surface area contributed by atoms with E-state index in [1.807, 2.05) is 13.8 Å². The zero-order chi connectivity index (χ0) is 15.0. The molecule has 8 nitrogen and oxygen atoms in total. The molecule has 110 valence electrons. The summed E-state index contributed by atoms with van der Waals surface area (Å²) in [5.41, 5.74) is 0. The molecular weight excluding hydrogens is 254 g/mol. The average molecular weight is 275 g/mol. The van der Waals surface area contributed by atoms with Crippen molar-refractivity contribution in [2.24, 2.45) is 0 Å². The van der Waals surface area contributed by atoms with Crippen LogP contribution in [0.5, 0.6) is 0 Å². The number of nitrogens with one attached hydrogen (secondary N) is 2. The Bertz CT molecular complexity index is 332. The van der Waals surface area contributed by atoms with E-state index in [1.165, 1.54) is 14.2 Å². The molecule has 1 unspecified atom stereocenters. The first-order valence-electron chi connectivity index (χ1n) is 5.81. The zero-order valence-electron chi connectivity index (χ0n) is 11.6. The van der Waals surface area contributed by atoms with E-state index >= 15 is 0 Å². The summed E-state index contributed by atoms with van der Waals surface area (Å²) in [6.07, 6.45) is -1.11. The Kier molecular flexibility index (Phi) is 7.50. The molecule has 0 aliphatic carbocycles. The van der Waals surface area contributed by atoms with Gasteiger partial charge in [-0.15, -0.1) is 0 Å². The highest BCUT2D eigenvalue weighted by Gasteiger charge is 2.19. The van der Waals surface area contributed by atoms with E-state index in [2.05, 4.69) is 15.4 Å². The number of carboxylic acids is 1. The van der Waals surface area contributed by atoms with E-state index in [0.29, 0.717) is 0 Å². The lowest BCUT2D eigenvalue weighted by Crippen LogP contribution is -2.47. The molecule has 0 aromatic heterocycles. The second-order valence-electron chi connectivity index (χ2n) is 4.33. The van der Waals surface area contributed by atoms with E-state index in [0.717, 1.165) is 4.90 Å². The van der Waals surface area contributed by atoms with Gasteiger partial charge in [0.25, 0.3) is 0 Å². The number of nitrogens with zero attached hydrogens (tertiary/aromatic N) is 1. The Labute approximate surface area is 112 Å². The molecule has 0 spiro atoms. The van der Waals surface area contributed by atoms with Crippen molar-refractivity contribution in [1.82, 2.24) is 15.5 Å². The molecule has 0 fully saturated rings. The van der Waals surface area contributed by atoms with Gasteiger partial charge in [-0.3, -0.25) is 4.79 Å². The lowest BCUT2D eigenvalue weighted by atomic mass is 10.3. The number of amides is 3. The summed E-state index contributed by atoms with van der Waals surface area (Å²) < 4.78 is 4.66. The highest BCUT2D eigenvalue weighted by Crippen LogP contribution is 1.90. The van der Waals surface area contributed by atoms with Gasteiger partial charge in [-0.25, -0.2) is 9.59 Å². The van der Waals surface area contributed by atoms with Gasteiger partial charge < -0.3 is 25.4 Å². The Morgan fingerprint density at radius 3 is 2.32 bits per heavy atom. The van der Waals surface area contributed by atoms with Crippen molar-refractivity contribution < 1.29 is 24.2 Å². The van der Waals surface area contributed by atoms with Crippen molar-refractivity contribution in [3.05, 3.63) is 0 Å². The number of likely N-dealkylation sites (N-methyl/N-ethyl adjacent to an activating group) is 1. The second-order valence-corrected chi connectivity index (χ2v) is 4.33. The number of hydrogen-bond donors (Lipinski definition) is 3. The number of urea groups is 1. The highest BCUT2D eigenvalue weighted by atomic mass is 16.5. The van der Waals surface area contributed by atoms with Crippen LogP contribution in [-0.4, -0.2) is 67.3 Å². The number of methoxy groups -OCH3 is 1. The minimum absolute atomic E-state index is 0.00570. The molecule has 0 aliphatic rings. The number of rotatable bonds is 7. The van der Waals surface area contributed by atoms with E-state index in [9.17, 15) is 14.4 Å². The maximum atomic E-state index is 11.6. The third-order valence-electron chi connectivity index (χ3n) is 2.18. The SMILES string of the molecule is COC(CNC(=O)N(C)CC(=O)NC(C)C)C(=O)O. The molecular formula is C11H21N3O5. The van der Waals surface area contributed by atoms with Crippen molar-refractivity contribution in [3.63, 3.8) is 0 Å². The monoisotopic (exact) mass is 275 g/mol. The Balaban J connectivity index is 4.13. The van der Waals surface area contributed by atoms with Gasteiger partial charge >= 0.3 is 12.0 Å². The summed E-state index contributed by atoms with van der Waals surface area (Å²) in [5, 5.41) is 13.7. The fourth-order valence-corrected chi connectivity index (χ4v) is 1.24. The van der Waals surface area contributed by atoms with E-state index in [4.69, 9.17) is 5.11 Å². The Morgan fingerprint density at radius 1 is 1.32 bits per heavy atom. The van der Waals surface area contributed by atoms with Gasteiger partial charge in [0.05, 0.1) is 6.54 Å². The number of ether oxygens (including phenoxy) is 1. The summed E-state index contributed by atoms with van der Waals surface area (Å²) in [5.74, 6) is -1.45. The van der Waals surface area contributed by atoms with Crippen LogP contribution in [0, 0.1) is 0 Å². The summed E-state index contributed by atoms with van der Waals surface area (Å²) in [7, 11) is 2.68. The number of carboxylic acid groups (broad SMARTS) is 1. The van der Waals surface area contributed by atoms with Gasteiger partial charge in [0.15, 0.2) is 6.10 Å². The van der Waals surface area contributed by atoms with Crippen molar-refractivity contribution in [3.8, 4) is 0 Å². The van der Waals surface area contributed by atoms with E-state index < -0.39 is 18.1 Å². The van der Waals surface area contributed by atoms with Crippen LogP contribution < -0.4 is 10.6 Å². The molecule has 3 N–H and O–H groups in total. The third kappa shape index (κ3) is 7.24. The second kappa shape index (κ2) is 8.30. The Hall–Kier alpha value is -1.83. The van der Waals surface area contributed by atoms with Crippen LogP contribution in [0.25, 0.3) is 0 Å². The fraction of sp³-hybridized carbons (Fsp3) is 0.727. The average Bonchev–Trinajstić information content (AvgIpc) is 2.27. The van der Waals surface area contributed by atoms with Crippen LogP contribution in [0.4, 0.5) is 4.79 Å². The normalized spacial score (nSPS) is 11.8.